The first-order valence-electron chi connectivity index (χ1n) is 5.22. The zero-order valence-corrected chi connectivity index (χ0v) is 10.9. The van der Waals surface area contributed by atoms with Crippen LogP contribution in [0.4, 0.5) is 10.1 Å². The molecule has 1 atom stereocenters. The topological polar surface area (TPSA) is 48.7 Å². The average molecular weight is 306 g/mol. The lowest BCUT2D eigenvalue weighted by Gasteiger charge is -2.12. The molecule has 1 unspecified atom stereocenters. The number of anilines is 1. The van der Waals surface area contributed by atoms with Crippen molar-refractivity contribution >= 4 is 21.6 Å². The Kier molecular flexibility index (Phi) is 3.90. The fraction of sp³-hybridized carbons (Fsp3) is 0.0769. The second-order valence-corrected chi connectivity index (χ2v) is 4.53. The van der Waals surface area contributed by atoms with E-state index in [1.165, 1.54) is 12.1 Å². The molecule has 0 aliphatic carbocycles. The predicted octanol–water partition coefficient (Wildman–Crippen LogP) is 3.66. The summed E-state index contributed by atoms with van der Waals surface area (Å²) in [6.45, 7) is 0. The highest BCUT2D eigenvalue weighted by molar-refractivity contribution is 9.10. The van der Waals surface area contributed by atoms with Gasteiger partial charge in [-0.05, 0) is 52.3 Å². The summed E-state index contributed by atoms with van der Waals surface area (Å²) in [7, 11) is 0. The van der Waals surface area contributed by atoms with Crippen molar-refractivity contribution in [2.24, 2.45) is 0 Å². The molecule has 0 fully saturated rings. The van der Waals surface area contributed by atoms with E-state index in [1.807, 2.05) is 6.07 Å². The van der Waals surface area contributed by atoms with Gasteiger partial charge >= 0.3 is 0 Å². The molecule has 0 aliphatic rings. The Balaban J connectivity index is 2.17. The number of benzene rings is 1. The molecule has 1 N–H and O–H groups in total. The van der Waals surface area contributed by atoms with Gasteiger partial charge in [-0.2, -0.15) is 5.26 Å². The number of nitrogens with one attached hydrogen (secondary N) is 1. The molecule has 18 heavy (non-hydrogen) atoms. The van der Waals surface area contributed by atoms with Gasteiger partial charge in [0.05, 0.1) is 11.8 Å². The molecular weight excluding hydrogens is 297 g/mol. The molecule has 0 radical (unpaired) electrons. The predicted molar refractivity (Wildman–Crippen MR) is 70.3 cm³/mol. The largest absolute Gasteiger partial charge is 0.365 e. The molecule has 0 bridgehead atoms. The standard InChI is InChI=1S/C13H9BrFN3/c14-9-1-6-12(17-8-9)13(7-16)18-11-4-2-10(15)3-5-11/h1-6,8,13,18H. The highest BCUT2D eigenvalue weighted by atomic mass is 79.9. The lowest BCUT2D eigenvalue weighted by Crippen LogP contribution is -2.10. The van der Waals surface area contributed by atoms with E-state index in [0.29, 0.717) is 11.4 Å². The minimum absolute atomic E-state index is 0.309. The Hall–Kier alpha value is -1.93. The summed E-state index contributed by atoms with van der Waals surface area (Å²) >= 11 is 3.28. The zero-order chi connectivity index (χ0) is 13.0. The van der Waals surface area contributed by atoms with Crippen molar-refractivity contribution in [3.63, 3.8) is 0 Å². The molecular formula is C13H9BrFN3. The Morgan fingerprint density at radius 2 is 1.94 bits per heavy atom. The summed E-state index contributed by atoms with van der Waals surface area (Å²) < 4.78 is 13.6. The maximum absolute atomic E-state index is 12.8. The van der Waals surface area contributed by atoms with Crippen molar-refractivity contribution in [1.82, 2.24) is 4.98 Å². The molecule has 3 nitrogen and oxygen atoms in total. The SMILES string of the molecule is N#CC(Nc1ccc(F)cc1)c1ccc(Br)cn1. The van der Waals surface area contributed by atoms with Gasteiger partial charge in [-0.3, -0.25) is 4.98 Å². The van der Waals surface area contributed by atoms with Crippen molar-refractivity contribution in [3.8, 4) is 6.07 Å². The summed E-state index contributed by atoms with van der Waals surface area (Å²) in [4.78, 5) is 4.16. The number of hydrogen-bond acceptors (Lipinski definition) is 3. The Bertz CT molecular complexity index is 560. The highest BCUT2D eigenvalue weighted by Gasteiger charge is 2.11. The van der Waals surface area contributed by atoms with Crippen LogP contribution in [0, 0.1) is 17.1 Å². The molecule has 0 aliphatic heterocycles. The van der Waals surface area contributed by atoms with Crippen LogP contribution in [0.5, 0.6) is 0 Å². The first-order valence-corrected chi connectivity index (χ1v) is 6.01. The van der Waals surface area contributed by atoms with E-state index in [4.69, 9.17) is 5.26 Å². The van der Waals surface area contributed by atoms with Crippen LogP contribution < -0.4 is 5.32 Å². The molecule has 2 rings (SSSR count). The van der Waals surface area contributed by atoms with Gasteiger partial charge in [0.15, 0.2) is 6.04 Å². The molecule has 0 amide bonds. The quantitative estimate of drug-likeness (QED) is 0.941. The lowest BCUT2D eigenvalue weighted by atomic mass is 10.2. The maximum atomic E-state index is 12.8. The van der Waals surface area contributed by atoms with Crippen LogP contribution in [0.2, 0.25) is 0 Å². The number of nitriles is 1. The Labute approximate surface area is 112 Å². The van der Waals surface area contributed by atoms with Crippen molar-refractivity contribution in [2.75, 3.05) is 5.32 Å². The molecule has 0 spiro atoms. The third-order valence-electron chi connectivity index (χ3n) is 2.33. The van der Waals surface area contributed by atoms with Gasteiger partial charge in [0.1, 0.15) is 5.82 Å². The van der Waals surface area contributed by atoms with Crippen LogP contribution in [0.3, 0.4) is 0 Å². The van der Waals surface area contributed by atoms with E-state index >= 15 is 0 Å². The Morgan fingerprint density at radius 1 is 1.22 bits per heavy atom. The van der Waals surface area contributed by atoms with Crippen LogP contribution in [0.1, 0.15) is 11.7 Å². The highest BCUT2D eigenvalue weighted by Crippen LogP contribution is 2.19. The summed E-state index contributed by atoms with van der Waals surface area (Å²) in [6, 6.07) is 11.0. The number of halogens is 2. The molecule has 1 heterocycles. The monoisotopic (exact) mass is 305 g/mol. The first-order chi connectivity index (χ1) is 8.69. The van der Waals surface area contributed by atoms with E-state index in [1.54, 1.807) is 24.4 Å². The summed E-state index contributed by atoms with van der Waals surface area (Å²) in [5, 5.41) is 12.1. The molecule has 0 saturated carbocycles. The smallest absolute Gasteiger partial charge is 0.157 e. The van der Waals surface area contributed by atoms with Gasteiger partial charge in [0.25, 0.3) is 0 Å². The van der Waals surface area contributed by atoms with E-state index in [2.05, 4.69) is 32.3 Å². The van der Waals surface area contributed by atoms with Gasteiger partial charge < -0.3 is 5.32 Å². The molecule has 1 aromatic heterocycles. The van der Waals surface area contributed by atoms with E-state index < -0.39 is 6.04 Å². The average Bonchev–Trinajstić information content (AvgIpc) is 2.39. The van der Waals surface area contributed by atoms with E-state index in [0.717, 1.165) is 4.47 Å². The van der Waals surface area contributed by atoms with Crippen molar-refractivity contribution in [3.05, 3.63) is 58.6 Å². The van der Waals surface area contributed by atoms with Gasteiger partial charge in [-0.15, -0.1) is 0 Å². The second-order valence-electron chi connectivity index (χ2n) is 3.61. The van der Waals surface area contributed by atoms with Gasteiger partial charge in [-0.25, -0.2) is 4.39 Å². The van der Waals surface area contributed by atoms with E-state index in [9.17, 15) is 4.39 Å². The van der Waals surface area contributed by atoms with Gasteiger partial charge in [0.2, 0.25) is 0 Å². The molecule has 1 aromatic carbocycles. The minimum Gasteiger partial charge on any atom is -0.365 e. The lowest BCUT2D eigenvalue weighted by molar-refractivity contribution is 0.628. The summed E-state index contributed by atoms with van der Waals surface area (Å²) in [5.41, 5.74) is 1.29. The maximum Gasteiger partial charge on any atom is 0.157 e. The molecule has 2 aromatic rings. The normalized spacial score (nSPS) is 11.6. The third kappa shape index (κ3) is 3.05. The van der Waals surface area contributed by atoms with Crippen molar-refractivity contribution in [1.29, 1.82) is 5.26 Å². The molecule has 5 heteroatoms. The minimum atomic E-state index is -0.566. The summed E-state index contributed by atoms with van der Waals surface area (Å²) in [6.07, 6.45) is 1.63. The summed E-state index contributed by atoms with van der Waals surface area (Å²) in [5.74, 6) is -0.309. The number of nitrogens with zero attached hydrogens (tertiary/aromatic N) is 2. The fourth-order valence-corrected chi connectivity index (χ4v) is 1.68. The number of aromatic nitrogens is 1. The van der Waals surface area contributed by atoms with Crippen LogP contribution in [0.25, 0.3) is 0 Å². The third-order valence-corrected chi connectivity index (χ3v) is 2.80. The Morgan fingerprint density at radius 3 is 2.50 bits per heavy atom. The van der Waals surface area contributed by atoms with Crippen molar-refractivity contribution < 1.29 is 4.39 Å². The van der Waals surface area contributed by atoms with Crippen LogP contribution in [0.15, 0.2) is 47.1 Å². The number of rotatable bonds is 3. The van der Waals surface area contributed by atoms with Crippen molar-refractivity contribution in [2.45, 2.75) is 6.04 Å². The van der Waals surface area contributed by atoms with Crippen LogP contribution in [-0.2, 0) is 0 Å². The molecule has 90 valence electrons. The van der Waals surface area contributed by atoms with Gasteiger partial charge in [-0.1, -0.05) is 0 Å². The number of hydrogen-bond donors (Lipinski definition) is 1. The molecule has 0 saturated heterocycles. The van der Waals surface area contributed by atoms with E-state index in [-0.39, 0.29) is 5.82 Å². The van der Waals surface area contributed by atoms with Crippen LogP contribution >= 0.6 is 15.9 Å². The first kappa shape index (κ1) is 12.5. The second kappa shape index (κ2) is 5.61. The number of pyridine rings is 1. The van der Waals surface area contributed by atoms with Gasteiger partial charge in [0, 0.05) is 16.4 Å². The van der Waals surface area contributed by atoms with Crippen LogP contribution in [-0.4, -0.2) is 4.98 Å². The zero-order valence-electron chi connectivity index (χ0n) is 9.27. The fourth-order valence-electron chi connectivity index (χ4n) is 1.44.